The molecule has 0 radical (unpaired) electrons. The van der Waals surface area contributed by atoms with E-state index in [0.717, 1.165) is 18.4 Å². The molecule has 0 amide bonds. The molecule has 0 N–H and O–H groups in total. The van der Waals surface area contributed by atoms with Gasteiger partial charge >= 0.3 is 5.97 Å². The van der Waals surface area contributed by atoms with Crippen LogP contribution in [0, 0.1) is 21.4 Å². The first kappa shape index (κ1) is 14.7. The van der Waals surface area contributed by atoms with Crippen molar-refractivity contribution >= 4 is 5.97 Å². The van der Waals surface area contributed by atoms with Crippen LogP contribution in [0.25, 0.3) is 0 Å². The molecule has 0 aromatic rings. The first-order chi connectivity index (χ1) is 8.40. The van der Waals surface area contributed by atoms with E-state index >= 15 is 0 Å². The first-order valence-corrected chi connectivity index (χ1v) is 6.34. The molecule has 1 aliphatic rings. The molecule has 0 aromatic heterocycles. The van der Waals surface area contributed by atoms with Gasteiger partial charge in [-0.1, -0.05) is 18.6 Å². The summed E-state index contributed by atoms with van der Waals surface area (Å²) in [6.07, 6.45) is 4.03. The minimum Gasteiger partial charge on any atom is -0.466 e. The topological polar surface area (TPSA) is 69.4 Å². The number of nitro groups is 1. The monoisotopic (exact) mass is 255 g/mol. The number of allylic oxidation sites excluding steroid dienone is 2. The molecular formula is C13H21NO4. The number of carbonyl (C=O) groups excluding carboxylic acids is 1. The molecule has 2 atom stereocenters. The third-order valence-corrected chi connectivity index (χ3v) is 4.00. The van der Waals surface area contributed by atoms with E-state index in [9.17, 15) is 14.9 Å². The van der Waals surface area contributed by atoms with Crippen molar-refractivity contribution in [1.82, 2.24) is 0 Å². The number of rotatable bonds is 6. The first-order valence-electron chi connectivity index (χ1n) is 6.34. The van der Waals surface area contributed by atoms with Gasteiger partial charge in [0.1, 0.15) is 0 Å². The molecule has 0 spiro atoms. The lowest BCUT2D eigenvalue weighted by molar-refractivity contribution is -0.491. The Morgan fingerprint density at radius 1 is 1.67 bits per heavy atom. The fraction of sp³-hybridized carbons (Fsp3) is 0.769. The lowest BCUT2D eigenvalue weighted by Gasteiger charge is -2.33. The van der Waals surface area contributed by atoms with E-state index in [1.807, 2.05) is 13.8 Å². The van der Waals surface area contributed by atoms with Gasteiger partial charge in [0, 0.05) is 10.8 Å². The molecule has 0 aromatic carbocycles. The Balaban J connectivity index is 2.81. The van der Waals surface area contributed by atoms with E-state index in [0.29, 0.717) is 6.61 Å². The summed E-state index contributed by atoms with van der Waals surface area (Å²) in [7, 11) is 0. The Hall–Kier alpha value is -1.39. The van der Waals surface area contributed by atoms with Gasteiger partial charge in [0.25, 0.3) is 0 Å². The van der Waals surface area contributed by atoms with Crippen LogP contribution in [0.4, 0.5) is 0 Å². The molecular weight excluding hydrogens is 234 g/mol. The van der Waals surface area contributed by atoms with Crippen LogP contribution in [0.2, 0.25) is 0 Å². The Labute approximate surface area is 107 Å². The van der Waals surface area contributed by atoms with Gasteiger partial charge in [-0.05, 0) is 32.1 Å². The van der Waals surface area contributed by atoms with Crippen molar-refractivity contribution < 1.29 is 14.5 Å². The average Bonchev–Trinajstić information content (AvgIpc) is 2.59. The molecule has 1 rings (SSSR count). The standard InChI is InChI=1S/C13H21NO4/c1-4-18-12(15)8-11(9-14(16)17)13(3)7-5-6-10(13)2/h6,11H,4-5,7-9H2,1-3H3/t11-,13-/m0/s1. The molecule has 18 heavy (non-hydrogen) atoms. The van der Waals surface area contributed by atoms with Crippen LogP contribution in [0.3, 0.4) is 0 Å². The highest BCUT2D eigenvalue weighted by Gasteiger charge is 2.41. The van der Waals surface area contributed by atoms with Gasteiger partial charge in [-0.2, -0.15) is 0 Å². The summed E-state index contributed by atoms with van der Waals surface area (Å²) in [5.41, 5.74) is 0.901. The van der Waals surface area contributed by atoms with E-state index < -0.39 is 0 Å². The second-order valence-corrected chi connectivity index (χ2v) is 5.06. The smallest absolute Gasteiger partial charge is 0.306 e. The molecule has 0 saturated heterocycles. The van der Waals surface area contributed by atoms with Crippen LogP contribution in [0.1, 0.15) is 40.0 Å². The summed E-state index contributed by atoms with van der Waals surface area (Å²) < 4.78 is 4.91. The van der Waals surface area contributed by atoms with Gasteiger partial charge in [-0.25, -0.2) is 0 Å². The summed E-state index contributed by atoms with van der Waals surface area (Å²) in [6, 6.07) is 0. The van der Waals surface area contributed by atoms with E-state index in [2.05, 4.69) is 6.08 Å². The molecule has 0 saturated carbocycles. The molecule has 102 valence electrons. The average molecular weight is 255 g/mol. The maximum Gasteiger partial charge on any atom is 0.306 e. The summed E-state index contributed by atoms with van der Waals surface area (Å²) in [4.78, 5) is 22.0. The van der Waals surface area contributed by atoms with Gasteiger partial charge in [0.15, 0.2) is 0 Å². The highest BCUT2D eigenvalue weighted by molar-refractivity contribution is 5.69. The van der Waals surface area contributed by atoms with Gasteiger partial charge in [0.05, 0.1) is 13.0 Å². The molecule has 0 heterocycles. The lowest BCUT2D eigenvalue weighted by Crippen LogP contribution is -2.34. The molecule has 0 aliphatic heterocycles. The van der Waals surface area contributed by atoms with Crippen LogP contribution in [-0.2, 0) is 9.53 Å². The number of hydrogen-bond acceptors (Lipinski definition) is 4. The number of ether oxygens (including phenoxy) is 1. The van der Waals surface area contributed by atoms with Crippen LogP contribution in [-0.4, -0.2) is 24.0 Å². The Bertz CT molecular complexity index is 364. The summed E-state index contributed by atoms with van der Waals surface area (Å²) in [5, 5.41) is 10.8. The second kappa shape index (κ2) is 5.98. The minimum atomic E-state index is -0.342. The van der Waals surface area contributed by atoms with E-state index in [-0.39, 0.29) is 35.2 Å². The number of esters is 1. The molecule has 0 bridgehead atoms. The lowest BCUT2D eigenvalue weighted by atomic mass is 9.71. The Kier molecular flexibility index (Phi) is 4.87. The maximum atomic E-state index is 11.6. The quantitative estimate of drug-likeness (QED) is 0.316. The largest absolute Gasteiger partial charge is 0.466 e. The molecule has 5 nitrogen and oxygen atoms in total. The summed E-state index contributed by atoms with van der Waals surface area (Å²) in [6.45, 7) is 5.88. The SMILES string of the molecule is CCOC(=O)C[C@@H](C[N+](=O)[O-])[C@@]1(C)CCC=C1C. The van der Waals surface area contributed by atoms with Crippen LogP contribution < -0.4 is 0 Å². The third-order valence-electron chi connectivity index (χ3n) is 4.00. The molecule has 1 aliphatic carbocycles. The van der Waals surface area contributed by atoms with E-state index in [1.54, 1.807) is 6.92 Å². The van der Waals surface area contributed by atoms with Crippen molar-refractivity contribution in [1.29, 1.82) is 0 Å². The number of hydrogen-bond donors (Lipinski definition) is 0. The number of carbonyl (C=O) groups is 1. The highest BCUT2D eigenvalue weighted by Crippen LogP contribution is 2.46. The highest BCUT2D eigenvalue weighted by atomic mass is 16.6. The van der Waals surface area contributed by atoms with Gasteiger partial charge in [-0.3, -0.25) is 14.9 Å². The predicted octanol–water partition coefficient (Wildman–Crippen LogP) is 2.58. The van der Waals surface area contributed by atoms with Crippen LogP contribution in [0.15, 0.2) is 11.6 Å². The van der Waals surface area contributed by atoms with Crippen molar-refractivity contribution in [2.45, 2.75) is 40.0 Å². The van der Waals surface area contributed by atoms with Gasteiger partial charge in [-0.15, -0.1) is 0 Å². The van der Waals surface area contributed by atoms with Gasteiger partial charge in [0.2, 0.25) is 6.54 Å². The molecule has 0 unspecified atom stereocenters. The second-order valence-electron chi connectivity index (χ2n) is 5.06. The summed E-state index contributed by atoms with van der Waals surface area (Å²) in [5.74, 6) is -0.629. The number of nitrogens with zero attached hydrogens (tertiary/aromatic N) is 1. The normalized spacial score (nSPS) is 24.5. The maximum absolute atomic E-state index is 11.6. The van der Waals surface area contributed by atoms with Crippen molar-refractivity contribution in [2.24, 2.45) is 11.3 Å². The van der Waals surface area contributed by atoms with Crippen LogP contribution in [0.5, 0.6) is 0 Å². The van der Waals surface area contributed by atoms with Crippen molar-refractivity contribution in [3.63, 3.8) is 0 Å². The van der Waals surface area contributed by atoms with Crippen molar-refractivity contribution in [3.05, 3.63) is 21.8 Å². The third kappa shape index (κ3) is 3.31. The van der Waals surface area contributed by atoms with Crippen molar-refractivity contribution in [3.8, 4) is 0 Å². The zero-order valence-electron chi connectivity index (χ0n) is 11.3. The fourth-order valence-corrected chi connectivity index (χ4v) is 2.64. The predicted molar refractivity (Wildman–Crippen MR) is 67.7 cm³/mol. The molecule has 0 fully saturated rings. The zero-order chi connectivity index (χ0) is 13.8. The van der Waals surface area contributed by atoms with E-state index in [4.69, 9.17) is 4.74 Å². The van der Waals surface area contributed by atoms with E-state index in [1.165, 1.54) is 0 Å². The molecule has 5 heteroatoms. The minimum absolute atomic E-state index is 0.122. The van der Waals surface area contributed by atoms with Gasteiger partial charge < -0.3 is 4.74 Å². The Morgan fingerprint density at radius 3 is 2.78 bits per heavy atom. The summed E-state index contributed by atoms with van der Waals surface area (Å²) >= 11 is 0. The van der Waals surface area contributed by atoms with Crippen molar-refractivity contribution in [2.75, 3.05) is 13.2 Å². The Morgan fingerprint density at radius 2 is 2.33 bits per heavy atom. The van der Waals surface area contributed by atoms with Crippen LogP contribution >= 0.6 is 0 Å². The fourth-order valence-electron chi connectivity index (χ4n) is 2.64. The zero-order valence-corrected chi connectivity index (χ0v) is 11.3.